The molecule has 6 nitrogen and oxygen atoms in total. The molecule has 3 N–H and O–H groups in total. The summed E-state index contributed by atoms with van der Waals surface area (Å²) in [6, 6.07) is 5.62. The maximum atomic E-state index is 7.92. The predicted octanol–water partition coefficient (Wildman–Crippen LogP) is 1.47. The van der Waals surface area contributed by atoms with Gasteiger partial charge in [-0.05, 0) is 18.2 Å². The molecule has 0 saturated carbocycles. The third kappa shape index (κ3) is 1.73. The highest BCUT2D eigenvalue weighted by Crippen LogP contribution is 2.22. The van der Waals surface area contributed by atoms with Gasteiger partial charge in [0.15, 0.2) is 11.3 Å². The largest absolute Gasteiger partial charge is 0.295 e. The maximum absolute atomic E-state index is 7.92. The molecule has 1 aliphatic heterocycles. The summed E-state index contributed by atoms with van der Waals surface area (Å²) in [5, 5.41) is 9.56. The number of nitrogens with zero attached hydrogens (tertiary/aromatic N) is 3. The van der Waals surface area contributed by atoms with Crippen LogP contribution in [0.25, 0.3) is 11.0 Å². The van der Waals surface area contributed by atoms with Crippen molar-refractivity contribution in [2.24, 2.45) is 0 Å². The first-order valence-electron chi connectivity index (χ1n) is 4.97. The van der Waals surface area contributed by atoms with Crippen molar-refractivity contribution < 1.29 is 0 Å². The van der Waals surface area contributed by atoms with Gasteiger partial charge in [-0.1, -0.05) is 15.9 Å². The third-order valence-corrected chi connectivity index (χ3v) is 2.92. The molecule has 17 heavy (non-hydrogen) atoms. The molecule has 1 aromatic carbocycles. The molecule has 0 saturated heterocycles. The Hall–Kier alpha value is -1.73. The Morgan fingerprint density at radius 3 is 2.88 bits per heavy atom. The Morgan fingerprint density at radius 2 is 2.06 bits per heavy atom. The molecule has 2 heterocycles. The van der Waals surface area contributed by atoms with Gasteiger partial charge in [0.2, 0.25) is 0 Å². The molecule has 0 radical (unpaired) electrons. The molecule has 86 valence electrons. The summed E-state index contributed by atoms with van der Waals surface area (Å²) in [6.45, 7) is 0. The van der Waals surface area contributed by atoms with Crippen LogP contribution >= 0.6 is 15.9 Å². The number of fused-ring (bicyclic) bond motifs is 2. The highest BCUT2D eigenvalue weighted by molar-refractivity contribution is 9.10. The fraction of sp³-hybridized carbons (Fsp3) is 0.100. The predicted molar refractivity (Wildman–Crippen MR) is 68.1 cm³/mol. The second-order valence-electron chi connectivity index (χ2n) is 3.71. The number of aromatic nitrogens is 2. The molecule has 0 unspecified atom stereocenters. The second-order valence-corrected chi connectivity index (χ2v) is 4.63. The van der Waals surface area contributed by atoms with Crippen molar-refractivity contribution in [3.05, 3.63) is 28.2 Å². The average molecular weight is 293 g/mol. The Morgan fingerprint density at radius 1 is 1.24 bits per heavy atom. The van der Waals surface area contributed by atoms with Gasteiger partial charge in [0.25, 0.3) is 0 Å². The zero-order chi connectivity index (χ0) is 12.0. The average Bonchev–Trinajstić information content (AvgIpc) is 2.58. The van der Waals surface area contributed by atoms with E-state index >= 15 is 0 Å². The number of rotatable bonds is 0. The van der Waals surface area contributed by atoms with Crippen molar-refractivity contribution in [2.75, 3.05) is 17.9 Å². The van der Waals surface area contributed by atoms with E-state index in [2.05, 4.69) is 36.7 Å². The lowest BCUT2D eigenvalue weighted by molar-refractivity contribution is 0.504. The first-order valence-corrected chi connectivity index (χ1v) is 5.76. The van der Waals surface area contributed by atoms with E-state index < -0.39 is 0 Å². The summed E-state index contributed by atoms with van der Waals surface area (Å²) >= 11 is 3.38. The number of halogens is 1. The zero-order valence-electron chi connectivity index (χ0n) is 8.95. The first kappa shape index (κ1) is 10.4. The van der Waals surface area contributed by atoms with Crippen LogP contribution < -0.4 is 16.3 Å². The zero-order valence-corrected chi connectivity index (χ0v) is 10.5. The van der Waals surface area contributed by atoms with Crippen LogP contribution in [0.2, 0.25) is 0 Å². The van der Waals surface area contributed by atoms with Gasteiger partial charge in [-0.2, -0.15) is 0 Å². The molecule has 0 spiro atoms. The number of nitrogens with one attached hydrogen (secondary N) is 3. The summed E-state index contributed by atoms with van der Waals surface area (Å²) < 4.78 is 0.920. The Labute approximate surface area is 105 Å². The standard InChI is InChI=1S/C10H9BrN6/c1-17-15-8-9(12)13-7-4-5(11)2-3-6(7)14-10(8)16-17/h2-4,12,15-16H,1H3. The van der Waals surface area contributed by atoms with Gasteiger partial charge in [-0.3, -0.25) is 16.3 Å². The molecule has 3 rings (SSSR count). The number of anilines is 2. The summed E-state index contributed by atoms with van der Waals surface area (Å²) in [6.07, 6.45) is 0. The molecular formula is C10H9BrN6. The van der Waals surface area contributed by atoms with E-state index in [1.807, 2.05) is 18.2 Å². The normalized spacial score (nSPS) is 14.2. The molecule has 0 fully saturated rings. The van der Waals surface area contributed by atoms with Crippen molar-refractivity contribution in [1.82, 2.24) is 15.1 Å². The van der Waals surface area contributed by atoms with Gasteiger partial charge < -0.3 is 0 Å². The van der Waals surface area contributed by atoms with Crippen LogP contribution in [0.4, 0.5) is 11.5 Å². The van der Waals surface area contributed by atoms with E-state index in [1.165, 1.54) is 0 Å². The molecule has 0 amide bonds. The quantitative estimate of drug-likeness (QED) is 0.685. The highest BCUT2D eigenvalue weighted by Gasteiger charge is 2.17. The summed E-state index contributed by atoms with van der Waals surface area (Å²) in [7, 11) is 1.81. The molecule has 0 aliphatic carbocycles. The van der Waals surface area contributed by atoms with Gasteiger partial charge in [0.1, 0.15) is 5.69 Å². The van der Waals surface area contributed by atoms with Crippen LogP contribution in [0.1, 0.15) is 0 Å². The van der Waals surface area contributed by atoms with Gasteiger partial charge in [0, 0.05) is 11.5 Å². The highest BCUT2D eigenvalue weighted by atomic mass is 79.9. The van der Waals surface area contributed by atoms with Crippen molar-refractivity contribution >= 4 is 38.5 Å². The van der Waals surface area contributed by atoms with Crippen LogP contribution in [0.15, 0.2) is 22.7 Å². The first-order chi connectivity index (χ1) is 8.13. The minimum Gasteiger partial charge on any atom is -0.295 e. The summed E-state index contributed by atoms with van der Waals surface area (Å²) in [4.78, 5) is 8.70. The van der Waals surface area contributed by atoms with Crippen LogP contribution in [-0.2, 0) is 0 Å². The fourth-order valence-corrected chi connectivity index (χ4v) is 2.04. The maximum Gasteiger partial charge on any atom is 0.174 e. The SMILES string of the molecule is CN1Nc2nc3ccc(Br)cc3nc(=N)c2N1. The van der Waals surface area contributed by atoms with E-state index in [0.29, 0.717) is 17.0 Å². The van der Waals surface area contributed by atoms with E-state index in [4.69, 9.17) is 5.41 Å². The van der Waals surface area contributed by atoms with Crippen molar-refractivity contribution in [1.29, 1.82) is 5.41 Å². The van der Waals surface area contributed by atoms with E-state index in [0.717, 1.165) is 9.99 Å². The second kappa shape index (κ2) is 3.64. The van der Waals surface area contributed by atoms with Crippen molar-refractivity contribution in [3.8, 4) is 0 Å². The molecule has 7 heteroatoms. The summed E-state index contributed by atoms with van der Waals surface area (Å²) in [5.41, 5.74) is 8.15. The lowest BCUT2D eigenvalue weighted by Crippen LogP contribution is -2.25. The van der Waals surface area contributed by atoms with Crippen LogP contribution in [0, 0.1) is 5.41 Å². The topological polar surface area (TPSA) is 76.9 Å². The van der Waals surface area contributed by atoms with Crippen LogP contribution in [-0.4, -0.2) is 22.1 Å². The minimum atomic E-state index is 0.164. The smallest absolute Gasteiger partial charge is 0.174 e. The third-order valence-electron chi connectivity index (χ3n) is 2.43. The molecule has 0 bridgehead atoms. The number of benzene rings is 1. The van der Waals surface area contributed by atoms with Crippen molar-refractivity contribution in [2.45, 2.75) is 0 Å². The van der Waals surface area contributed by atoms with Gasteiger partial charge in [-0.25, -0.2) is 9.97 Å². The Balaban J connectivity index is 2.39. The Kier molecular flexibility index (Phi) is 2.23. The summed E-state index contributed by atoms with van der Waals surface area (Å²) in [5.74, 6) is 0.613. The molecule has 1 aliphatic rings. The number of hydrogen-bond acceptors (Lipinski definition) is 6. The minimum absolute atomic E-state index is 0.164. The monoisotopic (exact) mass is 292 g/mol. The lowest BCUT2D eigenvalue weighted by Gasteiger charge is -2.07. The molecule has 0 atom stereocenters. The van der Waals surface area contributed by atoms with Crippen LogP contribution in [0.5, 0.6) is 0 Å². The van der Waals surface area contributed by atoms with Gasteiger partial charge in [-0.15, -0.1) is 5.12 Å². The number of hydrazine groups is 2. The van der Waals surface area contributed by atoms with E-state index in [-0.39, 0.29) is 5.49 Å². The number of hydrogen-bond donors (Lipinski definition) is 3. The fourth-order valence-electron chi connectivity index (χ4n) is 1.69. The van der Waals surface area contributed by atoms with Gasteiger partial charge >= 0.3 is 0 Å². The van der Waals surface area contributed by atoms with E-state index in [9.17, 15) is 0 Å². The molecule has 2 aromatic rings. The van der Waals surface area contributed by atoms with Crippen LogP contribution in [0.3, 0.4) is 0 Å². The Bertz CT molecular complexity index is 671. The van der Waals surface area contributed by atoms with Crippen molar-refractivity contribution in [3.63, 3.8) is 0 Å². The molecular weight excluding hydrogens is 284 g/mol. The lowest BCUT2D eigenvalue weighted by atomic mass is 10.3. The van der Waals surface area contributed by atoms with Gasteiger partial charge in [0.05, 0.1) is 11.0 Å². The molecule has 1 aromatic heterocycles. The van der Waals surface area contributed by atoms with E-state index in [1.54, 1.807) is 12.2 Å².